The van der Waals surface area contributed by atoms with Gasteiger partial charge in [-0.1, -0.05) is 18.2 Å². The van der Waals surface area contributed by atoms with Crippen LogP contribution in [0.4, 0.5) is 5.69 Å². The van der Waals surface area contributed by atoms with Crippen LogP contribution in [0.1, 0.15) is 12.5 Å². The molecule has 19 heavy (non-hydrogen) atoms. The summed E-state index contributed by atoms with van der Waals surface area (Å²) in [6.45, 7) is 2.42. The normalized spacial score (nSPS) is 16.9. The molecule has 1 aliphatic rings. The highest BCUT2D eigenvalue weighted by atomic mass is 16.2. The van der Waals surface area contributed by atoms with Crippen molar-refractivity contribution in [2.24, 2.45) is 0 Å². The second kappa shape index (κ2) is 5.73. The Labute approximate surface area is 113 Å². The Kier molecular flexibility index (Phi) is 4.04. The number of carbonyl (C=O) groups excluding carboxylic acids is 2. The van der Waals surface area contributed by atoms with Gasteiger partial charge in [0.05, 0.1) is 13.1 Å². The summed E-state index contributed by atoms with van der Waals surface area (Å²) in [7, 11) is 1.55. The number of anilines is 1. The molecule has 0 aliphatic carbocycles. The predicted octanol–water partition coefficient (Wildman–Crippen LogP) is 0.300. The van der Waals surface area contributed by atoms with Crippen LogP contribution in [0.2, 0.25) is 0 Å². The van der Waals surface area contributed by atoms with Crippen molar-refractivity contribution in [3.63, 3.8) is 0 Å². The monoisotopic (exact) mass is 261 g/mol. The molecule has 0 unspecified atom stereocenters. The largest absolute Gasteiger partial charge is 0.359 e. The smallest absolute Gasteiger partial charge is 0.239 e. The summed E-state index contributed by atoms with van der Waals surface area (Å²) in [5.41, 5.74) is 2.39. The summed E-state index contributed by atoms with van der Waals surface area (Å²) in [5, 5.41) is 5.09. The molecule has 2 amide bonds. The van der Waals surface area contributed by atoms with Crippen LogP contribution in [0.5, 0.6) is 0 Å². The van der Waals surface area contributed by atoms with Gasteiger partial charge >= 0.3 is 0 Å². The molecule has 0 bridgehead atoms. The second-order valence-corrected chi connectivity index (χ2v) is 4.76. The Bertz CT molecular complexity index is 487. The van der Waals surface area contributed by atoms with Gasteiger partial charge < -0.3 is 15.5 Å². The van der Waals surface area contributed by atoms with Gasteiger partial charge in [0.15, 0.2) is 0 Å². The van der Waals surface area contributed by atoms with Gasteiger partial charge in [0.25, 0.3) is 0 Å². The molecule has 2 N–H and O–H groups in total. The van der Waals surface area contributed by atoms with Crippen molar-refractivity contribution in [1.29, 1.82) is 0 Å². The average molecular weight is 261 g/mol. The van der Waals surface area contributed by atoms with Gasteiger partial charge in [-0.15, -0.1) is 0 Å². The first-order valence-electron chi connectivity index (χ1n) is 6.43. The number of fused-ring (bicyclic) bond motifs is 1. The van der Waals surface area contributed by atoms with E-state index in [0.29, 0.717) is 6.04 Å². The van der Waals surface area contributed by atoms with Crippen LogP contribution in [0, 0.1) is 0 Å². The highest BCUT2D eigenvalue weighted by Crippen LogP contribution is 2.31. The summed E-state index contributed by atoms with van der Waals surface area (Å²) in [6, 6.07) is 8.43. The van der Waals surface area contributed by atoms with Crippen molar-refractivity contribution < 1.29 is 9.59 Å². The van der Waals surface area contributed by atoms with Gasteiger partial charge in [-0.3, -0.25) is 9.59 Å². The van der Waals surface area contributed by atoms with Gasteiger partial charge in [0, 0.05) is 18.8 Å². The van der Waals surface area contributed by atoms with E-state index in [2.05, 4.69) is 28.5 Å². The number of benzene rings is 1. The third-order valence-electron chi connectivity index (χ3n) is 3.39. The molecule has 2 rings (SSSR count). The summed E-state index contributed by atoms with van der Waals surface area (Å²) >= 11 is 0. The third kappa shape index (κ3) is 3.05. The van der Waals surface area contributed by atoms with E-state index in [1.807, 2.05) is 18.2 Å². The van der Waals surface area contributed by atoms with Crippen molar-refractivity contribution in [2.45, 2.75) is 19.4 Å². The number of likely N-dealkylation sites (N-methyl/N-ethyl adjacent to an activating group) is 1. The minimum atomic E-state index is -0.191. The number of nitrogens with zero attached hydrogens (tertiary/aromatic N) is 1. The first-order chi connectivity index (χ1) is 9.11. The highest BCUT2D eigenvalue weighted by molar-refractivity contribution is 5.87. The second-order valence-electron chi connectivity index (χ2n) is 4.76. The number of carbonyl (C=O) groups is 2. The van der Waals surface area contributed by atoms with Crippen molar-refractivity contribution in [1.82, 2.24) is 10.6 Å². The molecule has 1 aliphatic heterocycles. The molecule has 1 aromatic carbocycles. The highest BCUT2D eigenvalue weighted by Gasteiger charge is 2.26. The topological polar surface area (TPSA) is 61.4 Å². The maximum atomic E-state index is 11.8. The Hall–Kier alpha value is -2.04. The number of hydrogen-bond donors (Lipinski definition) is 2. The van der Waals surface area contributed by atoms with Crippen LogP contribution >= 0.6 is 0 Å². The molecule has 0 saturated heterocycles. The van der Waals surface area contributed by atoms with Crippen LogP contribution in [-0.2, 0) is 16.0 Å². The zero-order valence-electron chi connectivity index (χ0n) is 11.3. The lowest BCUT2D eigenvalue weighted by Crippen LogP contribution is -2.43. The Morgan fingerprint density at radius 3 is 2.79 bits per heavy atom. The number of para-hydroxylation sites is 1. The van der Waals surface area contributed by atoms with Gasteiger partial charge in [-0.25, -0.2) is 0 Å². The third-order valence-corrected chi connectivity index (χ3v) is 3.39. The molecule has 5 heteroatoms. The van der Waals surface area contributed by atoms with E-state index >= 15 is 0 Å². The number of nitrogens with one attached hydrogen (secondary N) is 2. The fourth-order valence-corrected chi connectivity index (χ4v) is 2.35. The zero-order chi connectivity index (χ0) is 13.8. The van der Waals surface area contributed by atoms with Gasteiger partial charge in [-0.05, 0) is 25.0 Å². The van der Waals surface area contributed by atoms with Gasteiger partial charge in [0.1, 0.15) is 0 Å². The lowest BCUT2D eigenvalue weighted by molar-refractivity contribution is -0.125. The van der Waals surface area contributed by atoms with Gasteiger partial charge in [0.2, 0.25) is 11.8 Å². The molecule has 102 valence electrons. The van der Waals surface area contributed by atoms with E-state index in [1.54, 1.807) is 7.05 Å². The number of hydrogen-bond acceptors (Lipinski definition) is 3. The van der Waals surface area contributed by atoms with Crippen LogP contribution in [0.15, 0.2) is 24.3 Å². The van der Waals surface area contributed by atoms with E-state index in [4.69, 9.17) is 0 Å². The van der Waals surface area contributed by atoms with E-state index in [0.717, 1.165) is 12.1 Å². The predicted molar refractivity (Wildman–Crippen MR) is 74.0 cm³/mol. The van der Waals surface area contributed by atoms with Crippen molar-refractivity contribution >= 4 is 17.5 Å². The van der Waals surface area contributed by atoms with Crippen LogP contribution < -0.4 is 15.5 Å². The molecule has 0 aromatic heterocycles. The van der Waals surface area contributed by atoms with Crippen LogP contribution in [0.25, 0.3) is 0 Å². The van der Waals surface area contributed by atoms with Gasteiger partial charge in [-0.2, -0.15) is 0 Å². The minimum absolute atomic E-state index is 0.0270. The average Bonchev–Trinajstić information content (AvgIpc) is 2.72. The van der Waals surface area contributed by atoms with Crippen LogP contribution in [-0.4, -0.2) is 38.0 Å². The molecular formula is C14H19N3O2. The Morgan fingerprint density at radius 1 is 1.32 bits per heavy atom. The number of rotatable bonds is 4. The zero-order valence-corrected chi connectivity index (χ0v) is 11.3. The molecule has 5 nitrogen and oxygen atoms in total. The Morgan fingerprint density at radius 2 is 2.05 bits per heavy atom. The first kappa shape index (κ1) is 13.4. The van der Waals surface area contributed by atoms with Crippen molar-refractivity contribution in [3.05, 3.63) is 29.8 Å². The molecular weight excluding hydrogens is 242 g/mol. The molecule has 0 radical (unpaired) electrons. The van der Waals surface area contributed by atoms with Crippen LogP contribution in [0.3, 0.4) is 0 Å². The summed E-state index contributed by atoms with van der Waals surface area (Å²) in [5.74, 6) is -0.324. The fraction of sp³-hybridized carbons (Fsp3) is 0.429. The summed E-state index contributed by atoms with van der Waals surface area (Å²) in [4.78, 5) is 25.0. The molecule has 1 atom stereocenters. The lowest BCUT2D eigenvalue weighted by Gasteiger charge is -2.24. The fourth-order valence-electron chi connectivity index (χ4n) is 2.35. The van der Waals surface area contributed by atoms with E-state index in [-0.39, 0.29) is 24.9 Å². The Balaban J connectivity index is 1.96. The summed E-state index contributed by atoms with van der Waals surface area (Å²) in [6.07, 6.45) is 0.957. The maximum absolute atomic E-state index is 11.8. The SMILES string of the molecule is CNC(=O)CNC(=O)CN1c2ccccc2C[C@H]1C. The van der Waals surface area contributed by atoms with E-state index in [1.165, 1.54) is 5.56 Å². The van der Waals surface area contributed by atoms with E-state index in [9.17, 15) is 9.59 Å². The maximum Gasteiger partial charge on any atom is 0.239 e. The number of amides is 2. The first-order valence-corrected chi connectivity index (χ1v) is 6.43. The standard InChI is InChI=1S/C14H19N3O2/c1-10-7-11-5-3-4-6-12(11)17(10)9-14(19)16-8-13(18)15-2/h3-6,10H,7-9H2,1-2H3,(H,15,18)(H,16,19)/t10-/m1/s1. The van der Waals surface area contributed by atoms with Crippen molar-refractivity contribution in [2.75, 3.05) is 25.0 Å². The molecule has 1 heterocycles. The van der Waals surface area contributed by atoms with Crippen molar-refractivity contribution in [3.8, 4) is 0 Å². The molecule has 0 saturated carbocycles. The van der Waals surface area contributed by atoms with E-state index < -0.39 is 0 Å². The molecule has 0 fully saturated rings. The quantitative estimate of drug-likeness (QED) is 0.819. The minimum Gasteiger partial charge on any atom is -0.359 e. The lowest BCUT2D eigenvalue weighted by atomic mass is 10.1. The summed E-state index contributed by atoms with van der Waals surface area (Å²) < 4.78 is 0. The molecule has 1 aromatic rings. The molecule has 0 spiro atoms.